The van der Waals surface area contributed by atoms with Crippen molar-refractivity contribution in [3.8, 4) is 16.6 Å². The van der Waals surface area contributed by atoms with Crippen molar-refractivity contribution in [2.75, 3.05) is 20.2 Å². The van der Waals surface area contributed by atoms with Gasteiger partial charge in [-0.25, -0.2) is 0 Å². The standard InChI is InChI=1S/C20H24N2O3S/c1-13-19(14-7-9-22(13)10-8-14)21-20(23)15-3-5-16(6-4-15)25-18-11-17(24-2)12-26-18/h3-6,11-14,19H,7-10H2,1-2H3,(H,21,23)/t13-,19+/m1/s1. The van der Waals surface area contributed by atoms with E-state index in [1.807, 2.05) is 35.7 Å². The molecule has 2 bridgehead atoms. The Hall–Kier alpha value is -2.05. The van der Waals surface area contributed by atoms with Gasteiger partial charge in [-0.15, -0.1) is 11.3 Å². The first-order chi connectivity index (χ1) is 12.6. The molecular weight excluding hydrogens is 348 g/mol. The zero-order valence-electron chi connectivity index (χ0n) is 15.1. The van der Waals surface area contributed by atoms with E-state index in [1.54, 1.807) is 7.11 Å². The van der Waals surface area contributed by atoms with E-state index in [4.69, 9.17) is 9.47 Å². The van der Waals surface area contributed by atoms with Crippen molar-refractivity contribution >= 4 is 17.2 Å². The lowest BCUT2D eigenvalue weighted by molar-refractivity contribution is 0.0217. The molecule has 2 atom stereocenters. The summed E-state index contributed by atoms with van der Waals surface area (Å²) in [7, 11) is 1.63. The third kappa shape index (κ3) is 3.44. The highest BCUT2D eigenvalue weighted by atomic mass is 32.1. The summed E-state index contributed by atoms with van der Waals surface area (Å²) < 4.78 is 11.0. The molecule has 1 N–H and O–H groups in total. The molecule has 0 saturated carbocycles. The number of amides is 1. The maximum Gasteiger partial charge on any atom is 0.251 e. The van der Waals surface area contributed by atoms with E-state index < -0.39 is 0 Å². The first-order valence-corrected chi connectivity index (χ1v) is 9.97. The van der Waals surface area contributed by atoms with Crippen LogP contribution in [0.5, 0.6) is 16.6 Å². The lowest BCUT2D eigenvalue weighted by Crippen LogP contribution is -2.62. The summed E-state index contributed by atoms with van der Waals surface area (Å²) in [5.41, 5.74) is 0.671. The zero-order valence-corrected chi connectivity index (χ0v) is 15.9. The number of ether oxygens (including phenoxy) is 2. The van der Waals surface area contributed by atoms with Crippen LogP contribution in [-0.2, 0) is 0 Å². The normalized spacial score (nSPS) is 27.2. The van der Waals surface area contributed by atoms with Crippen LogP contribution >= 0.6 is 11.3 Å². The SMILES string of the molecule is COc1csc(Oc2ccc(C(=O)N[C@@H]3C4CCN(CC4)[C@@H]3C)cc2)c1. The number of thiophene rings is 1. The minimum Gasteiger partial charge on any atom is -0.496 e. The highest BCUT2D eigenvalue weighted by molar-refractivity contribution is 7.12. The number of hydrogen-bond donors (Lipinski definition) is 1. The number of rotatable bonds is 5. The van der Waals surface area contributed by atoms with Crippen LogP contribution in [0.25, 0.3) is 0 Å². The van der Waals surface area contributed by atoms with Gasteiger partial charge >= 0.3 is 0 Å². The van der Waals surface area contributed by atoms with Gasteiger partial charge in [-0.2, -0.15) is 0 Å². The van der Waals surface area contributed by atoms with Gasteiger partial charge in [0.2, 0.25) is 0 Å². The number of piperidine rings is 3. The van der Waals surface area contributed by atoms with Crippen molar-refractivity contribution in [3.05, 3.63) is 41.3 Å². The third-order valence-electron chi connectivity index (χ3n) is 5.60. The Morgan fingerprint density at radius 3 is 2.54 bits per heavy atom. The van der Waals surface area contributed by atoms with Gasteiger partial charge in [0.1, 0.15) is 11.5 Å². The second-order valence-electron chi connectivity index (χ2n) is 7.05. The molecule has 0 aliphatic carbocycles. The van der Waals surface area contributed by atoms with Gasteiger partial charge in [0, 0.05) is 29.1 Å². The van der Waals surface area contributed by atoms with E-state index in [0.29, 0.717) is 23.3 Å². The highest BCUT2D eigenvalue weighted by Gasteiger charge is 2.40. The number of fused-ring (bicyclic) bond motifs is 3. The lowest BCUT2D eigenvalue weighted by Gasteiger charge is -2.49. The number of methoxy groups -OCH3 is 1. The first kappa shape index (κ1) is 17.4. The molecule has 0 spiro atoms. The average Bonchev–Trinajstić information content (AvgIpc) is 3.13. The van der Waals surface area contributed by atoms with E-state index >= 15 is 0 Å². The van der Waals surface area contributed by atoms with Crippen LogP contribution in [0.1, 0.15) is 30.1 Å². The molecule has 0 unspecified atom stereocenters. The maximum absolute atomic E-state index is 12.7. The molecule has 1 amide bonds. The van der Waals surface area contributed by atoms with Gasteiger partial charge in [0.15, 0.2) is 5.06 Å². The van der Waals surface area contributed by atoms with Crippen LogP contribution < -0.4 is 14.8 Å². The van der Waals surface area contributed by atoms with Gasteiger partial charge in [-0.05, 0) is 63.0 Å². The Kier molecular flexibility index (Phi) is 4.87. The molecule has 2 aromatic rings. The molecule has 1 aromatic carbocycles. The molecule has 6 heteroatoms. The summed E-state index contributed by atoms with van der Waals surface area (Å²) in [6.45, 7) is 4.55. The number of carbonyl (C=O) groups is 1. The molecule has 3 fully saturated rings. The Labute approximate surface area is 157 Å². The molecule has 3 aliphatic rings. The van der Waals surface area contributed by atoms with E-state index in [-0.39, 0.29) is 11.9 Å². The van der Waals surface area contributed by atoms with Crippen LogP contribution in [0.15, 0.2) is 35.7 Å². The summed E-state index contributed by atoms with van der Waals surface area (Å²) in [6.07, 6.45) is 2.37. The molecule has 4 heterocycles. The molecule has 3 saturated heterocycles. The monoisotopic (exact) mass is 372 g/mol. The second-order valence-corrected chi connectivity index (χ2v) is 7.92. The fourth-order valence-corrected chi connectivity index (χ4v) is 4.76. The Bertz CT molecular complexity index is 764. The van der Waals surface area contributed by atoms with Crippen molar-refractivity contribution in [1.29, 1.82) is 0 Å². The number of nitrogens with one attached hydrogen (secondary N) is 1. The second kappa shape index (κ2) is 7.29. The molecule has 3 aliphatic heterocycles. The number of benzene rings is 1. The van der Waals surface area contributed by atoms with Crippen molar-refractivity contribution < 1.29 is 14.3 Å². The highest BCUT2D eigenvalue weighted by Crippen LogP contribution is 2.33. The van der Waals surface area contributed by atoms with Crippen LogP contribution in [0, 0.1) is 5.92 Å². The largest absolute Gasteiger partial charge is 0.496 e. The number of carbonyl (C=O) groups excluding carboxylic acids is 1. The Morgan fingerprint density at radius 2 is 1.92 bits per heavy atom. The van der Waals surface area contributed by atoms with Crippen LogP contribution in [0.3, 0.4) is 0 Å². The van der Waals surface area contributed by atoms with Crippen molar-refractivity contribution in [1.82, 2.24) is 10.2 Å². The number of nitrogens with zero attached hydrogens (tertiary/aromatic N) is 1. The smallest absolute Gasteiger partial charge is 0.251 e. The predicted octanol–water partition coefficient (Wildman–Crippen LogP) is 3.76. The van der Waals surface area contributed by atoms with Gasteiger partial charge in [0.05, 0.1) is 7.11 Å². The van der Waals surface area contributed by atoms with E-state index in [9.17, 15) is 4.79 Å². The third-order valence-corrected chi connectivity index (χ3v) is 6.38. The summed E-state index contributed by atoms with van der Waals surface area (Å²) in [4.78, 5) is 15.1. The quantitative estimate of drug-likeness (QED) is 0.868. The fraction of sp³-hybridized carbons (Fsp3) is 0.450. The van der Waals surface area contributed by atoms with Crippen molar-refractivity contribution in [2.45, 2.75) is 31.8 Å². The average molecular weight is 372 g/mol. The molecule has 26 heavy (non-hydrogen) atoms. The Morgan fingerprint density at radius 1 is 1.19 bits per heavy atom. The van der Waals surface area contributed by atoms with Crippen LogP contribution in [-0.4, -0.2) is 43.1 Å². The fourth-order valence-electron chi connectivity index (χ4n) is 4.03. The molecule has 138 valence electrons. The van der Waals surface area contributed by atoms with Gasteiger partial charge in [0.25, 0.3) is 5.91 Å². The first-order valence-electron chi connectivity index (χ1n) is 9.09. The van der Waals surface area contributed by atoms with Gasteiger partial charge in [-0.1, -0.05) is 0 Å². The molecule has 5 nitrogen and oxygen atoms in total. The molecule has 0 radical (unpaired) electrons. The van der Waals surface area contributed by atoms with Crippen LogP contribution in [0.4, 0.5) is 0 Å². The van der Waals surface area contributed by atoms with E-state index in [0.717, 1.165) is 23.9 Å². The predicted molar refractivity (Wildman–Crippen MR) is 102 cm³/mol. The zero-order chi connectivity index (χ0) is 18.1. The summed E-state index contributed by atoms with van der Waals surface area (Å²) in [5, 5.41) is 5.92. The lowest BCUT2D eigenvalue weighted by atomic mass is 9.79. The summed E-state index contributed by atoms with van der Waals surface area (Å²) in [5.74, 6) is 2.10. The Balaban J connectivity index is 1.39. The minimum atomic E-state index is -0.0000529. The maximum atomic E-state index is 12.7. The molecule has 5 rings (SSSR count). The van der Waals surface area contributed by atoms with Crippen LogP contribution in [0.2, 0.25) is 0 Å². The molecule has 1 aromatic heterocycles. The van der Waals surface area contributed by atoms with Crippen molar-refractivity contribution in [2.24, 2.45) is 5.92 Å². The number of hydrogen-bond acceptors (Lipinski definition) is 5. The van der Waals surface area contributed by atoms with E-state index in [1.165, 1.54) is 24.2 Å². The minimum absolute atomic E-state index is 0.0000529. The topological polar surface area (TPSA) is 50.8 Å². The van der Waals surface area contributed by atoms with Gasteiger partial charge < -0.3 is 14.8 Å². The summed E-state index contributed by atoms with van der Waals surface area (Å²) >= 11 is 1.48. The van der Waals surface area contributed by atoms with E-state index in [2.05, 4.69) is 17.1 Å². The van der Waals surface area contributed by atoms with Gasteiger partial charge in [-0.3, -0.25) is 9.69 Å². The molecular formula is C20H24N2O3S. The summed E-state index contributed by atoms with van der Waals surface area (Å²) in [6, 6.07) is 9.83. The van der Waals surface area contributed by atoms with Crippen molar-refractivity contribution in [3.63, 3.8) is 0 Å².